The van der Waals surface area contributed by atoms with Gasteiger partial charge in [0, 0.05) is 10.2 Å². The predicted molar refractivity (Wildman–Crippen MR) is 85.9 cm³/mol. The fourth-order valence-electron chi connectivity index (χ4n) is 1.83. The maximum Gasteiger partial charge on any atom is 0.243 e. The first-order valence-corrected chi connectivity index (χ1v) is 7.39. The molecular formula is C16H14BrFN2O2. The standard InChI is InChI=1S/C16H14BrFN2O2/c17-14-7-2-1-4-11(14)8-15(21)19-10-16(22)20-13-6-3-5-12(18)9-13/h1-7,9H,8,10H2,(H,19,21)(H,20,22). The van der Waals surface area contributed by atoms with Crippen LogP contribution in [-0.2, 0) is 16.0 Å². The molecule has 0 aliphatic rings. The normalized spacial score (nSPS) is 10.1. The summed E-state index contributed by atoms with van der Waals surface area (Å²) in [5.41, 5.74) is 1.19. The Hall–Kier alpha value is -2.21. The van der Waals surface area contributed by atoms with Gasteiger partial charge in [-0.15, -0.1) is 0 Å². The number of carbonyl (C=O) groups excluding carboxylic acids is 2. The van der Waals surface area contributed by atoms with Crippen LogP contribution in [0.4, 0.5) is 10.1 Å². The van der Waals surface area contributed by atoms with E-state index in [1.165, 1.54) is 18.2 Å². The van der Waals surface area contributed by atoms with E-state index in [9.17, 15) is 14.0 Å². The van der Waals surface area contributed by atoms with Crippen molar-refractivity contribution in [3.05, 3.63) is 64.4 Å². The molecule has 0 saturated carbocycles. The molecule has 0 aromatic heterocycles. The Morgan fingerprint density at radius 1 is 1.05 bits per heavy atom. The number of carbonyl (C=O) groups is 2. The van der Waals surface area contributed by atoms with Crippen molar-refractivity contribution in [2.45, 2.75) is 6.42 Å². The van der Waals surface area contributed by atoms with Crippen molar-refractivity contribution in [1.82, 2.24) is 5.32 Å². The summed E-state index contributed by atoms with van der Waals surface area (Å²) in [4.78, 5) is 23.5. The third-order valence-corrected chi connectivity index (χ3v) is 3.64. The number of hydrogen-bond acceptors (Lipinski definition) is 2. The molecule has 4 nitrogen and oxygen atoms in total. The minimum Gasteiger partial charge on any atom is -0.347 e. The fraction of sp³-hybridized carbons (Fsp3) is 0.125. The van der Waals surface area contributed by atoms with Crippen molar-refractivity contribution in [3.63, 3.8) is 0 Å². The molecule has 0 atom stereocenters. The lowest BCUT2D eigenvalue weighted by Gasteiger charge is -2.08. The van der Waals surface area contributed by atoms with Crippen LogP contribution in [0.5, 0.6) is 0 Å². The number of anilines is 1. The molecule has 0 spiro atoms. The molecule has 2 rings (SSSR count). The molecule has 0 aliphatic carbocycles. The van der Waals surface area contributed by atoms with Crippen molar-refractivity contribution in [2.24, 2.45) is 0 Å². The summed E-state index contributed by atoms with van der Waals surface area (Å²) in [6.07, 6.45) is 0.175. The zero-order valence-corrected chi connectivity index (χ0v) is 13.2. The van der Waals surface area contributed by atoms with Gasteiger partial charge in [-0.25, -0.2) is 4.39 Å². The summed E-state index contributed by atoms with van der Waals surface area (Å²) in [6, 6.07) is 12.9. The Balaban J connectivity index is 1.81. The lowest BCUT2D eigenvalue weighted by molar-refractivity contribution is -0.123. The largest absolute Gasteiger partial charge is 0.347 e. The molecule has 2 amide bonds. The Kier molecular flexibility index (Phi) is 5.66. The summed E-state index contributed by atoms with van der Waals surface area (Å²) >= 11 is 3.36. The zero-order valence-electron chi connectivity index (χ0n) is 11.6. The van der Waals surface area contributed by atoms with Crippen molar-refractivity contribution < 1.29 is 14.0 Å². The van der Waals surface area contributed by atoms with Crippen molar-refractivity contribution >= 4 is 33.4 Å². The smallest absolute Gasteiger partial charge is 0.243 e. The third kappa shape index (κ3) is 4.96. The van der Waals surface area contributed by atoms with Gasteiger partial charge >= 0.3 is 0 Å². The SMILES string of the molecule is O=C(Cc1ccccc1Br)NCC(=O)Nc1cccc(F)c1. The average Bonchev–Trinajstić information content (AvgIpc) is 2.48. The number of halogens is 2. The number of hydrogen-bond donors (Lipinski definition) is 2. The molecule has 2 N–H and O–H groups in total. The summed E-state index contributed by atoms with van der Waals surface area (Å²) in [5, 5.41) is 5.04. The van der Waals surface area contributed by atoms with Crippen LogP contribution in [0.15, 0.2) is 53.0 Å². The summed E-state index contributed by atoms with van der Waals surface area (Å²) in [6.45, 7) is -0.167. The van der Waals surface area contributed by atoms with Crippen molar-refractivity contribution in [1.29, 1.82) is 0 Å². The van der Waals surface area contributed by atoms with Crippen LogP contribution >= 0.6 is 15.9 Å². The van der Waals surface area contributed by atoms with Gasteiger partial charge in [0.15, 0.2) is 0 Å². The maximum absolute atomic E-state index is 13.0. The summed E-state index contributed by atoms with van der Waals surface area (Å²) in [7, 11) is 0. The molecule has 114 valence electrons. The van der Waals surface area contributed by atoms with Gasteiger partial charge in [0.2, 0.25) is 11.8 Å². The van der Waals surface area contributed by atoms with Gasteiger partial charge in [0.1, 0.15) is 5.82 Å². The molecule has 2 aromatic carbocycles. The van der Waals surface area contributed by atoms with E-state index in [-0.39, 0.29) is 18.9 Å². The van der Waals surface area contributed by atoms with Gasteiger partial charge in [-0.05, 0) is 29.8 Å². The van der Waals surface area contributed by atoms with Crippen LogP contribution in [0.2, 0.25) is 0 Å². The van der Waals surface area contributed by atoms with E-state index in [4.69, 9.17) is 0 Å². The van der Waals surface area contributed by atoms with Crippen molar-refractivity contribution in [3.8, 4) is 0 Å². The quantitative estimate of drug-likeness (QED) is 0.856. The van der Waals surface area contributed by atoms with Gasteiger partial charge in [-0.2, -0.15) is 0 Å². The highest BCUT2D eigenvalue weighted by Crippen LogP contribution is 2.16. The van der Waals surface area contributed by atoms with Gasteiger partial charge in [-0.3, -0.25) is 9.59 Å². The second-order valence-corrected chi connectivity index (χ2v) is 5.46. The fourth-order valence-corrected chi connectivity index (χ4v) is 2.25. The van der Waals surface area contributed by atoms with Crippen LogP contribution in [0.3, 0.4) is 0 Å². The van der Waals surface area contributed by atoms with E-state index in [2.05, 4.69) is 26.6 Å². The molecule has 22 heavy (non-hydrogen) atoms. The van der Waals surface area contributed by atoms with Crippen LogP contribution in [0.1, 0.15) is 5.56 Å². The number of nitrogens with one attached hydrogen (secondary N) is 2. The highest BCUT2D eigenvalue weighted by molar-refractivity contribution is 9.10. The van der Waals surface area contributed by atoms with E-state index >= 15 is 0 Å². The molecular weight excluding hydrogens is 351 g/mol. The molecule has 0 saturated heterocycles. The molecule has 0 bridgehead atoms. The van der Waals surface area contributed by atoms with Crippen molar-refractivity contribution in [2.75, 3.05) is 11.9 Å². The Morgan fingerprint density at radius 3 is 2.55 bits per heavy atom. The minimum absolute atomic E-state index is 0.167. The minimum atomic E-state index is -0.434. The second-order valence-electron chi connectivity index (χ2n) is 4.60. The van der Waals surface area contributed by atoms with Crippen LogP contribution < -0.4 is 10.6 Å². The molecule has 0 heterocycles. The Labute approximate surface area is 135 Å². The van der Waals surface area contributed by atoms with Gasteiger partial charge in [0.25, 0.3) is 0 Å². The van der Waals surface area contributed by atoms with Crippen LogP contribution in [0.25, 0.3) is 0 Å². The van der Waals surface area contributed by atoms with Crippen LogP contribution in [0, 0.1) is 5.82 Å². The summed E-state index contributed by atoms with van der Waals surface area (Å²) in [5.74, 6) is -1.11. The number of benzene rings is 2. The van der Waals surface area contributed by atoms with E-state index in [0.717, 1.165) is 10.0 Å². The highest BCUT2D eigenvalue weighted by atomic mass is 79.9. The number of rotatable bonds is 5. The predicted octanol–water partition coefficient (Wildman–Crippen LogP) is 2.89. The Bertz CT molecular complexity index is 691. The molecule has 6 heteroatoms. The second kappa shape index (κ2) is 7.70. The van der Waals surface area contributed by atoms with Gasteiger partial charge in [-0.1, -0.05) is 40.2 Å². The molecule has 0 unspecified atom stereocenters. The van der Waals surface area contributed by atoms with Gasteiger partial charge < -0.3 is 10.6 Å². The van der Waals surface area contributed by atoms with E-state index in [0.29, 0.717) is 5.69 Å². The first kappa shape index (κ1) is 16.2. The lowest BCUT2D eigenvalue weighted by Crippen LogP contribution is -2.33. The lowest BCUT2D eigenvalue weighted by atomic mass is 10.1. The van der Waals surface area contributed by atoms with E-state index in [1.807, 2.05) is 24.3 Å². The summed E-state index contributed by atoms with van der Waals surface area (Å²) < 4.78 is 13.8. The third-order valence-electron chi connectivity index (χ3n) is 2.86. The van der Waals surface area contributed by atoms with Crippen LogP contribution in [-0.4, -0.2) is 18.4 Å². The molecule has 0 aliphatic heterocycles. The Morgan fingerprint density at radius 2 is 1.82 bits per heavy atom. The monoisotopic (exact) mass is 364 g/mol. The topological polar surface area (TPSA) is 58.2 Å². The first-order valence-electron chi connectivity index (χ1n) is 6.60. The maximum atomic E-state index is 13.0. The average molecular weight is 365 g/mol. The zero-order chi connectivity index (χ0) is 15.9. The number of amides is 2. The highest BCUT2D eigenvalue weighted by Gasteiger charge is 2.09. The van der Waals surface area contributed by atoms with E-state index < -0.39 is 11.7 Å². The molecule has 0 fully saturated rings. The first-order chi connectivity index (χ1) is 10.5. The molecule has 2 aromatic rings. The van der Waals surface area contributed by atoms with Gasteiger partial charge in [0.05, 0.1) is 13.0 Å². The molecule has 0 radical (unpaired) electrons. The van der Waals surface area contributed by atoms with E-state index in [1.54, 1.807) is 6.07 Å².